The maximum atomic E-state index is 12.9. The lowest BCUT2D eigenvalue weighted by Gasteiger charge is -2.12. The third-order valence-electron chi connectivity index (χ3n) is 4.38. The highest BCUT2D eigenvalue weighted by molar-refractivity contribution is 6.02. The average molecular weight is 384 g/mol. The quantitative estimate of drug-likeness (QED) is 0.418. The van der Waals surface area contributed by atoms with Crippen molar-refractivity contribution in [3.05, 3.63) is 100 Å². The second-order valence-corrected chi connectivity index (χ2v) is 6.18. The Hall–Kier alpha value is -4.26. The first-order valence-corrected chi connectivity index (χ1v) is 8.83. The summed E-state index contributed by atoms with van der Waals surface area (Å²) in [4.78, 5) is 29.2. The number of amides is 1. The van der Waals surface area contributed by atoms with Crippen LogP contribution in [0.25, 0.3) is 16.6 Å². The molecule has 0 saturated heterocycles. The van der Waals surface area contributed by atoms with Crippen LogP contribution >= 0.6 is 0 Å². The summed E-state index contributed by atoms with van der Waals surface area (Å²) in [6, 6.07) is 20.6. The molecule has 7 nitrogen and oxygen atoms in total. The molecule has 0 atom stereocenters. The number of rotatable bonds is 4. The molecule has 0 aliphatic heterocycles. The van der Waals surface area contributed by atoms with Crippen LogP contribution in [0.15, 0.2) is 88.9 Å². The Kier molecular flexibility index (Phi) is 4.86. The van der Waals surface area contributed by atoms with E-state index in [0.717, 1.165) is 4.57 Å². The first-order valence-electron chi connectivity index (χ1n) is 8.83. The molecule has 0 unspecified atom stereocenters. The molecule has 2 heterocycles. The number of aromatic nitrogens is 2. The summed E-state index contributed by atoms with van der Waals surface area (Å²) >= 11 is 0. The number of hydrogen-bond acceptors (Lipinski definition) is 5. The smallest absolute Gasteiger partial charge is 0.271 e. The fourth-order valence-corrected chi connectivity index (χ4v) is 3.00. The molecular weight excluding hydrogens is 368 g/mol. The van der Waals surface area contributed by atoms with E-state index in [2.05, 4.69) is 15.5 Å². The van der Waals surface area contributed by atoms with Gasteiger partial charge in [-0.15, -0.1) is 0 Å². The molecule has 7 heteroatoms. The van der Waals surface area contributed by atoms with Crippen molar-refractivity contribution < 1.29 is 9.90 Å². The third-order valence-corrected chi connectivity index (χ3v) is 4.38. The Labute approximate surface area is 165 Å². The number of hydrogen-bond donors (Lipinski definition) is 2. The SMILES string of the molecule is O=C(N/N=C/c1c(O)n(-c2ccccn2)c(=O)c2ccccc12)c1ccccc1. The van der Waals surface area contributed by atoms with Gasteiger partial charge in [0, 0.05) is 22.5 Å². The van der Waals surface area contributed by atoms with Crippen molar-refractivity contribution in [2.75, 3.05) is 0 Å². The van der Waals surface area contributed by atoms with E-state index in [0.29, 0.717) is 21.9 Å². The molecule has 1 amide bonds. The van der Waals surface area contributed by atoms with Gasteiger partial charge >= 0.3 is 0 Å². The lowest BCUT2D eigenvalue weighted by Crippen LogP contribution is -2.21. The molecule has 0 aliphatic rings. The maximum absolute atomic E-state index is 12.9. The summed E-state index contributed by atoms with van der Waals surface area (Å²) < 4.78 is 1.11. The van der Waals surface area contributed by atoms with Gasteiger partial charge in [-0.25, -0.2) is 15.0 Å². The highest BCUT2D eigenvalue weighted by atomic mass is 16.3. The Morgan fingerprint density at radius 1 is 0.966 bits per heavy atom. The van der Waals surface area contributed by atoms with Crippen LogP contribution in [0.4, 0.5) is 0 Å². The van der Waals surface area contributed by atoms with E-state index in [1.54, 1.807) is 66.7 Å². The topological polar surface area (TPSA) is 96.6 Å². The standard InChI is InChI=1S/C22H16N4O3/c27-20(15-8-2-1-3-9-15)25-24-14-18-16-10-4-5-11-17(16)21(28)26(22(18)29)19-12-6-7-13-23-19/h1-14,29H,(H,25,27)/b24-14+. The zero-order chi connectivity index (χ0) is 20.2. The molecule has 0 radical (unpaired) electrons. The normalized spacial score (nSPS) is 11.0. The third kappa shape index (κ3) is 3.49. The van der Waals surface area contributed by atoms with Gasteiger partial charge in [0.25, 0.3) is 11.5 Å². The predicted molar refractivity (Wildman–Crippen MR) is 111 cm³/mol. The summed E-state index contributed by atoms with van der Waals surface area (Å²) in [6.45, 7) is 0. The molecule has 0 saturated carbocycles. The Morgan fingerprint density at radius 2 is 1.66 bits per heavy atom. The van der Waals surface area contributed by atoms with Crippen molar-refractivity contribution in [1.82, 2.24) is 15.0 Å². The van der Waals surface area contributed by atoms with Crippen LogP contribution in [-0.4, -0.2) is 26.8 Å². The summed E-state index contributed by atoms with van der Waals surface area (Å²) in [5.74, 6) is -0.419. The Morgan fingerprint density at radius 3 is 2.38 bits per heavy atom. The molecule has 0 fully saturated rings. The van der Waals surface area contributed by atoms with Gasteiger partial charge in [-0.3, -0.25) is 9.59 Å². The van der Waals surface area contributed by atoms with Crippen LogP contribution in [0.1, 0.15) is 15.9 Å². The minimum Gasteiger partial charge on any atom is -0.494 e. The van der Waals surface area contributed by atoms with Crippen LogP contribution in [-0.2, 0) is 0 Å². The van der Waals surface area contributed by atoms with Gasteiger partial charge in [0.05, 0.1) is 11.8 Å². The number of carbonyl (C=O) groups excluding carboxylic acids is 1. The first kappa shape index (κ1) is 18.1. The van der Waals surface area contributed by atoms with E-state index in [1.807, 2.05) is 6.07 Å². The van der Waals surface area contributed by atoms with Gasteiger partial charge in [0.15, 0.2) is 0 Å². The van der Waals surface area contributed by atoms with Gasteiger partial charge in [0.2, 0.25) is 5.88 Å². The largest absolute Gasteiger partial charge is 0.494 e. The number of benzene rings is 2. The summed E-state index contributed by atoms with van der Waals surface area (Å²) in [6.07, 6.45) is 2.85. The number of nitrogens with zero attached hydrogens (tertiary/aromatic N) is 3. The van der Waals surface area contributed by atoms with Crippen molar-refractivity contribution in [1.29, 1.82) is 0 Å². The Bertz CT molecular complexity index is 1270. The predicted octanol–water partition coefficient (Wildman–Crippen LogP) is 2.86. The molecule has 29 heavy (non-hydrogen) atoms. The second-order valence-electron chi connectivity index (χ2n) is 6.18. The van der Waals surface area contributed by atoms with Crippen LogP contribution in [0.2, 0.25) is 0 Å². The summed E-state index contributed by atoms with van der Waals surface area (Å²) in [5, 5.41) is 15.7. The highest BCUT2D eigenvalue weighted by Crippen LogP contribution is 2.25. The van der Waals surface area contributed by atoms with Crippen molar-refractivity contribution in [2.24, 2.45) is 5.10 Å². The van der Waals surface area contributed by atoms with E-state index in [-0.39, 0.29) is 17.6 Å². The van der Waals surface area contributed by atoms with Crippen LogP contribution in [0, 0.1) is 0 Å². The fraction of sp³-hybridized carbons (Fsp3) is 0. The molecule has 2 aromatic heterocycles. The number of nitrogens with one attached hydrogen (secondary N) is 1. The van der Waals surface area contributed by atoms with E-state index >= 15 is 0 Å². The lowest BCUT2D eigenvalue weighted by atomic mass is 10.1. The average Bonchev–Trinajstić information content (AvgIpc) is 2.77. The van der Waals surface area contributed by atoms with E-state index in [4.69, 9.17) is 0 Å². The molecule has 0 bridgehead atoms. The van der Waals surface area contributed by atoms with Gasteiger partial charge in [-0.2, -0.15) is 5.10 Å². The first-order chi connectivity index (χ1) is 14.2. The van der Waals surface area contributed by atoms with E-state index < -0.39 is 5.56 Å². The number of carbonyl (C=O) groups is 1. The zero-order valence-corrected chi connectivity index (χ0v) is 15.2. The van der Waals surface area contributed by atoms with Gasteiger partial charge in [0.1, 0.15) is 5.82 Å². The maximum Gasteiger partial charge on any atom is 0.271 e. The molecule has 4 rings (SSSR count). The number of hydrazone groups is 1. The molecule has 0 aliphatic carbocycles. The lowest BCUT2D eigenvalue weighted by molar-refractivity contribution is 0.0955. The van der Waals surface area contributed by atoms with E-state index in [9.17, 15) is 14.7 Å². The molecule has 2 N–H and O–H groups in total. The van der Waals surface area contributed by atoms with Crippen LogP contribution in [0.3, 0.4) is 0 Å². The number of fused-ring (bicyclic) bond motifs is 1. The Balaban J connectivity index is 1.80. The molecule has 142 valence electrons. The molecule has 0 spiro atoms. The van der Waals surface area contributed by atoms with Crippen molar-refractivity contribution in [3.8, 4) is 11.7 Å². The molecule has 4 aromatic rings. The summed E-state index contributed by atoms with van der Waals surface area (Å²) in [7, 11) is 0. The fourth-order valence-electron chi connectivity index (χ4n) is 3.00. The minimum atomic E-state index is -0.401. The minimum absolute atomic E-state index is 0.281. The van der Waals surface area contributed by atoms with Crippen LogP contribution in [0.5, 0.6) is 5.88 Å². The number of pyridine rings is 2. The highest BCUT2D eigenvalue weighted by Gasteiger charge is 2.16. The number of aromatic hydroxyl groups is 1. The monoisotopic (exact) mass is 384 g/mol. The van der Waals surface area contributed by atoms with Gasteiger partial charge in [-0.05, 0) is 30.3 Å². The van der Waals surface area contributed by atoms with Crippen molar-refractivity contribution in [2.45, 2.75) is 0 Å². The van der Waals surface area contributed by atoms with Crippen molar-refractivity contribution in [3.63, 3.8) is 0 Å². The second kappa shape index (κ2) is 7.77. The van der Waals surface area contributed by atoms with Gasteiger partial charge < -0.3 is 5.11 Å². The van der Waals surface area contributed by atoms with E-state index in [1.165, 1.54) is 12.4 Å². The summed E-state index contributed by atoms with van der Waals surface area (Å²) in [5.41, 5.74) is 2.78. The van der Waals surface area contributed by atoms with Crippen LogP contribution < -0.4 is 11.0 Å². The van der Waals surface area contributed by atoms with Gasteiger partial charge in [-0.1, -0.05) is 42.5 Å². The van der Waals surface area contributed by atoms with Crippen molar-refractivity contribution >= 4 is 22.9 Å². The molecular formula is C22H16N4O3. The molecule has 2 aromatic carbocycles. The zero-order valence-electron chi connectivity index (χ0n) is 15.2.